The fourth-order valence-electron chi connectivity index (χ4n) is 2.22. The van der Waals surface area contributed by atoms with E-state index in [1.165, 1.54) is 11.8 Å². The van der Waals surface area contributed by atoms with E-state index < -0.39 is 0 Å². The Kier molecular flexibility index (Phi) is 7.37. The van der Waals surface area contributed by atoms with Gasteiger partial charge in [-0.2, -0.15) is 0 Å². The van der Waals surface area contributed by atoms with E-state index in [0.29, 0.717) is 0 Å². The van der Waals surface area contributed by atoms with Gasteiger partial charge in [0.25, 0.3) is 5.91 Å². The second-order valence-electron chi connectivity index (χ2n) is 5.49. The Bertz CT molecular complexity index is 613. The summed E-state index contributed by atoms with van der Waals surface area (Å²) in [5, 5.41) is 0.859. The minimum Gasteiger partial charge on any atom is -0.287 e. The summed E-state index contributed by atoms with van der Waals surface area (Å²) >= 11 is 4.97. The van der Waals surface area contributed by atoms with E-state index in [1.807, 2.05) is 35.2 Å². The highest BCUT2D eigenvalue weighted by atomic mass is 79.9. The van der Waals surface area contributed by atoms with Gasteiger partial charge in [0.15, 0.2) is 5.17 Å². The molecule has 0 radical (unpaired) electrons. The number of hydrogen-bond acceptors (Lipinski definition) is 3. The maximum absolute atomic E-state index is 12.7. The Morgan fingerprint density at radius 1 is 1.26 bits per heavy atom. The molecule has 0 N–H and O–H groups in total. The molecule has 2 rings (SSSR count). The third-order valence-electron chi connectivity index (χ3n) is 3.53. The number of halogens is 1. The van der Waals surface area contributed by atoms with E-state index in [1.54, 1.807) is 0 Å². The van der Waals surface area contributed by atoms with E-state index >= 15 is 0 Å². The molecule has 3 nitrogen and oxygen atoms in total. The quantitative estimate of drug-likeness (QED) is 0.462. The highest BCUT2D eigenvalue weighted by molar-refractivity contribution is 9.10. The van der Waals surface area contributed by atoms with Crippen molar-refractivity contribution in [3.8, 4) is 0 Å². The molecule has 1 aliphatic rings. The molecule has 124 valence electrons. The second-order valence-corrected chi connectivity index (χ2v) is 7.42. The lowest BCUT2D eigenvalue weighted by atomic mass is 10.2. The Hall–Kier alpha value is -1.07. The van der Waals surface area contributed by atoms with Crippen molar-refractivity contribution in [2.45, 2.75) is 39.5 Å². The molecule has 1 saturated heterocycles. The molecule has 0 spiro atoms. The van der Waals surface area contributed by atoms with E-state index in [4.69, 9.17) is 0 Å². The third-order valence-corrected chi connectivity index (χ3v) is 5.07. The van der Waals surface area contributed by atoms with E-state index in [9.17, 15) is 4.79 Å². The number of aliphatic imine (C=N–C) groups is 1. The minimum absolute atomic E-state index is 0.0821. The number of amides is 1. The number of unbranched alkanes of at least 4 members (excludes halogenated alkanes) is 2. The van der Waals surface area contributed by atoms with Gasteiger partial charge in [0.2, 0.25) is 0 Å². The van der Waals surface area contributed by atoms with Crippen molar-refractivity contribution in [2.24, 2.45) is 4.99 Å². The van der Waals surface area contributed by atoms with Crippen LogP contribution in [0.3, 0.4) is 0 Å². The lowest BCUT2D eigenvalue weighted by Crippen LogP contribution is -2.30. The van der Waals surface area contributed by atoms with Gasteiger partial charge >= 0.3 is 0 Å². The zero-order valence-corrected chi connectivity index (χ0v) is 16.1. The number of carbonyl (C=O) groups excluding carboxylic acids is 1. The fourth-order valence-corrected chi connectivity index (χ4v) is 3.67. The average molecular weight is 395 g/mol. The van der Waals surface area contributed by atoms with E-state index in [0.717, 1.165) is 58.9 Å². The van der Waals surface area contributed by atoms with Crippen molar-refractivity contribution >= 4 is 44.8 Å². The number of carbonyl (C=O) groups is 1. The smallest absolute Gasteiger partial charge is 0.266 e. The van der Waals surface area contributed by atoms with Crippen LogP contribution in [0.5, 0.6) is 0 Å². The van der Waals surface area contributed by atoms with Crippen molar-refractivity contribution in [2.75, 3.05) is 13.1 Å². The number of hydrogen-bond donors (Lipinski definition) is 0. The van der Waals surface area contributed by atoms with Gasteiger partial charge in [0.1, 0.15) is 0 Å². The standard InChI is InChI=1S/C18H23BrN2OS/c1-3-5-10-20-18-21(11-6-4-2)17(22)16(23-18)13-14-8-7-9-15(19)12-14/h7-9,12-13H,3-6,10-11H2,1-2H3/b16-13-,20-18?. The maximum Gasteiger partial charge on any atom is 0.266 e. The first-order valence-corrected chi connectivity index (χ1v) is 9.78. The first kappa shape index (κ1) is 18.3. The summed E-state index contributed by atoms with van der Waals surface area (Å²) in [5.41, 5.74) is 1.03. The number of thioether (sulfide) groups is 1. The number of nitrogens with zero attached hydrogens (tertiary/aromatic N) is 2. The molecule has 0 aromatic heterocycles. The van der Waals surface area contributed by atoms with Crippen molar-refractivity contribution in [3.63, 3.8) is 0 Å². The van der Waals surface area contributed by atoms with Crippen LogP contribution in [0.1, 0.15) is 45.1 Å². The Balaban J connectivity index is 2.21. The van der Waals surface area contributed by atoms with Crippen LogP contribution >= 0.6 is 27.7 Å². The van der Waals surface area contributed by atoms with Gasteiger partial charge in [0, 0.05) is 17.6 Å². The highest BCUT2D eigenvalue weighted by Gasteiger charge is 2.32. The van der Waals surface area contributed by atoms with Crippen molar-refractivity contribution < 1.29 is 4.79 Å². The normalized spacial score (nSPS) is 18.4. The average Bonchev–Trinajstić information content (AvgIpc) is 2.81. The largest absolute Gasteiger partial charge is 0.287 e. The predicted octanol–water partition coefficient (Wildman–Crippen LogP) is 5.32. The summed E-state index contributed by atoms with van der Waals surface area (Å²) in [7, 11) is 0. The van der Waals surface area contributed by atoms with Gasteiger partial charge in [-0.3, -0.25) is 14.7 Å². The van der Waals surface area contributed by atoms with Gasteiger partial charge in [-0.1, -0.05) is 54.8 Å². The van der Waals surface area contributed by atoms with Crippen LogP contribution in [0.25, 0.3) is 6.08 Å². The zero-order chi connectivity index (χ0) is 16.7. The number of amidine groups is 1. The van der Waals surface area contributed by atoms with Crippen molar-refractivity contribution in [1.82, 2.24) is 4.90 Å². The molecule has 0 aliphatic carbocycles. The molecule has 0 atom stereocenters. The van der Waals surface area contributed by atoms with Gasteiger partial charge in [0.05, 0.1) is 4.91 Å². The summed E-state index contributed by atoms with van der Waals surface area (Å²) in [6, 6.07) is 7.99. The summed E-state index contributed by atoms with van der Waals surface area (Å²) in [6.45, 7) is 5.84. The minimum atomic E-state index is 0.0821. The van der Waals surface area contributed by atoms with Crippen LogP contribution in [0.2, 0.25) is 0 Å². The van der Waals surface area contributed by atoms with Crippen LogP contribution in [0, 0.1) is 0 Å². The maximum atomic E-state index is 12.7. The molecule has 1 aromatic rings. The molecule has 0 saturated carbocycles. The van der Waals surface area contributed by atoms with Crippen LogP contribution in [0.15, 0.2) is 38.6 Å². The SMILES string of the molecule is CCCCN=C1S/C(=C\c2cccc(Br)c2)C(=O)N1CCCC. The first-order valence-electron chi connectivity index (χ1n) is 8.17. The van der Waals surface area contributed by atoms with Crippen molar-refractivity contribution in [3.05, 3.63) is 39.2 Å². The molecule has 1 aromatic carbocycles. The molecule has 1 amide bonds. The number of rotatable bonds is 7. The summed E-state index contributed by atoms with van der Waals surface area (Å²) in [6.07, 6.45) is 6.21. The first-order chi connectivity index (χ1) is 11.2. The van der Waals surface area contributed by atoms with E-state index in [2.05, 4.69) is 34.8 Å². The monoisotopic (exact) mass is 394 g/mol. The third kappa shape index (κ3) is 5.21. The molecular formula is C18H23BrN2OS. The molecule has 0 unspecified atom stereocenters. The van der Waals surface area contributed by atoms with Crippen LogP contribution < -0.4 is 0 Å². The zero-order valence-electron chi connectivity index (χ0n) is 13.7. The second kappa shape index (κ2) is 9.28. The molecule has 5 heteroatoms. The van der Waals surface area contributed by atoms with Crippen LogP contribution in [-0.2, 0) is 4.79 Å². The predicted molar refractivity (Wildman–Crippen MR) is 104 cm³/mol. The molecule has 0 bridgehead atoms. The summed E-state index contributed by atoms with van der Waals surface area (Å²) in [5.74, 6) is 0.0821. The van der Waals surface area contributed by atoms with Gasteiger partial charge in [-0.15, -0.1) is 0 Å². The van der Waals surface area contributed by atoms with Gasteiger partial charge in [-0.05, 0) is 48.4 Å². The molecule has 1 fully saturated rings. The van der Waals surface area contributed by atoms with Gasteiger partial charge in [-0.25, -0.2) is 0 Å². The topological polar surface area (TPSA) is 32.7 Å². The van der Waals surface area contributed by atoms with E-state index in [-0.39, 0.29) is 5.91 Å². The lowest BCUT2D eigenvalue weighted by molar-refractivity contribution is -0.122. The Morgan fingerprint density at radius 2 is 2.04 bits per heavy atom. The van der Waals surface area contributed by atoms with Crippen molar-refractivity contribution in [1.29, 1.82) is 0 Å². The Morgan fingerprint density at radius 3 is 2.74 bits per heavy atom. The van der Waals surface area contributed by atoms with Crippen LogP contribution in [0.4, 0.5) is 0 Å². The molecular weight excluding hydrogens is 372 g/mol. The molecule has 1 aliphatic heterocycles. The summed E-state index contributed by atoms with van der Waals surface area (Å²) < 4.78 is 1.02. The Labute approximate surface area is 151 Å². The number of benzene rings is 1. The highest BCUT2D eigenvalue weighted by Crippen LogP contribution is 2.33. The molecule has 1 heterocycles. The fraction of sp³-hybridized carbons (Fsp3) is 0.444. The van der Waals surface area contributed by atoms with Gasteiger partial charge < -0.3 is 0 Å². The lowest BCUT2D eigenvalue weighted by Gasteiger charge is -2.14. The van der Waals surface area contributed by atoms with Crippen LogP contribution in [-0.4, -0.2) is 29.1 Å². The summed E-state index contributed by atoms with van der Waals surface area (Å²) in [4.78, 5) is 19.9. The molecule has 23 heavy (non-hydrogen) atoms.